The van der Waals surface area contributed by atoms with E-state index in [2.05, 4.69) is 58.8 Å². The van der Waals surface area contributed by atoms with Gasteiger partial charge in [-0.25, -0.2) is 0 Å². The number of phenolic OH excluding ortho intramolecular Hbond substituents is 6. The first-order valence-electron chi connectivity index (χ1n) is 18.5. The second-order valence-electron chi connectivity index (χ2n) is 16.5. The molecule has 0 radical (unpaired) electrons. The first kappa shape index (κ1) is 37.2. The quantitative estimate of drug-likeness (QED) is 0.0658. The monoisotopic (exact) mass is 868 g/mol. The summed E-state index contributed by atoms with van der Waals surface area (Å²) in [7, 11) is 0. The number of rotatable bonds is 8. The number of hydrogen-bond donors (Lipinski definition) is 6. The van der Waals surface area contributed by atoms with Crippen LogP contribution in [0.2, 0.25) is 34.5 Å². The number of anilines is 6. The van der Waals surface area contributed by atoms with E-state index in [4.69, 9.17) is 0 Å². The third-order valence-electron chi connectivity index (χ3n) is 10.6. The molecule has 0 aliphatic heterocycles. The first-order valence-corrected chi connectivity index (χ1v) is 33.2. The molecule has 0 unspecified atom stereocenters. The summed E-state index contributed by atoms with van der Waals surface area (Å²) >= 11 is -4.38. The molecule has 0 aliphatic rings. The van der Waals surface area contributed by atoms with Gasteiger partial charge in [-0.05, 0) is 0 Å². The molecule has 10 heteroatoms. The van der Waals surface area contributed by atoms with Gasteiger partial charge < -0.3 is 0 Å². The van der Waals surface area contributed by atoms with Gasteiger partial charge in [0.25, 0.3) is 0 Å². The fourth-order valence-electron chi connectivity index (χ4n) is 7.80. The standard InChI is InChI=1S/C46H44Ge2N2O6/c1-47(2,3)29-11-15-31(16-12-29)49(45-39(53)23-33(51)24-40(45)54)37-21-9-27-8-20-36-38(22-10-28-7-19-35(37)43(27)44(28)36)50(46-41(55)25-34(52)26-42(46)56)32-17-13-30(14-18-32)48(4,5)6/h7-26,51-56H,1-6H3. The molecule has 0 atom stereocenters. The molecule has 8 nitrogen and oxygen atoms in total. The molecule has 0 fully saturated rings. The fourth-order valence-corrected chi connectivity index (χ4v) is 12.7. The minimum absolute atomic E-state index is 0.135. The summed E-state index contributed by atoms with van der Waals surface area (Å²) in [6.45, 7) is 0. The van der Waals surface area contributed by atoms with Crippen molar-refractivity contribution in [2.24, 2.45) is 0 Å². The summed E-state index contributed by atoms with van der Waals surface area (Å²) in [6.07, 6.45) is 0. The fraction of sp³-hybridized carbons (Fsp3) is 0.130. The molecule has 0 spiro atoms. The molecule has 0 saturated carbocycles. The van der Waals surface area contributed by atoms with Gasteiger partial charge in [-0.1, -0.05) is 0 Å². The summed E-state index contributed by atoms with van der Waals surface area (Å²) in [5, 5.41) is 71.4. The van der Waals surface area contributed by atoms with Gasteiger partial charge >= 0.3 is 333 Å². The van der Waals surface area contributed by atoms with Crippen LogP contribution in [0.15, 0.2) is 121 Å². The van der Waals surface area contributed by atoms with Crippen molar-refractivity contribution in [2.75, 3.05) is 9.80 Å². The Kier molecular flexibility index (Phi) is 8.97. The average Bonchev–Trinajstić information content (AvgIpc) is 3.13. The summed E-state index contributed by atoms with van der Waals surface area (Å²) in [4.78, 5) is 3.66. The molecule has 8 aromatic rings. The molecule has 0 amide bonds. The third-order valence-corrected chi connectivity index (χ3v) is 19.3. The third kappa shape index (κ3) is 6.36. The van der Waals surface area contributed by atoms with E-state index in [-0.39, 0.29) is 45.9 Å². The van der Waals surface area contributed by atoms with Gasteiger partial charge in [-0.2, -0.15) is 0 Å². The zero-order valence-corrected chi connectivity index (χ0v) is 36.3. The predicted octanol–water partition coefficient (Wildman–Crippen LogP) is 10.8. The molecule has 6 N–H and O–H groups in total. The van der Waals surface area contributed by atoms with Crippen LogP contribution >= 0.6 is 0 Å². The van der Waals surface area contributed by atoms with Crippen molar-refractivity contribution in [3.05, 3.63) is 121 Å². The molecule has 0 aliphatic carbocycles. The molecule has 56 heavy (non-hydrogen) atoms. The Balaban J connectivity index is 1.41. The Labute approximate surface area is 330 Å². The minimum atomic E-state index is -2.19. The van der Waals surface area contributed by atoms with E-state index >= 15 is 0 Å². The summed E-state index contributed by atoms with van der Waals surface area (Å²) in [5.41, 5.74) is 3.12. The number of phenols is 6. The molecule has 0 saturated heterocycles. The van der Waals surface area contributed by atoms with E-state index < -0.39 is 26.5 Å². The topological polar surface area (TPSA) is 128 Å². The van der Waals surface area contributed by atoms with Crippen molar-refractivity contribution < 1.29 is 30.6 Å². The second-order valence-corrected chi connectivity index (χ2v) is 37.8. The maximum atomic E-state index is 11.3. The Hall–Kier alpha value is -5.71. The number of nitrogens with zero attached hydrogens (tertiary/aromatic N) is 2. The average molecular weight is 866 g/mol. The first-order chi connectivity index (χ1) is 26.5. The van der Waals surface area contributed by atoms with Crippen molar-refractivity contribution in [1.29, 1.82) is 0 Å². The van der Waals surface area contributed by atoms with Gasteiger partial charge in [0.1, 0.15) is 0 Å². The van der Waals surface area contributed by atoms with Gasteiger partial charge in [0, 0.05) is 0 Å². The summed E-state index contributed by atoms with van der Waals surface area (Å²) in [5.74, 6) is 12.3. The van der Waals surface area contributed by atoms with Crippen LogP contribution in [0.3, 0.4) is 0 Å². The van der Waals surface area contributed by atoms with Crippen LogP contribution in [0, 0.1) is 0 Å². The molecule has 8 rings (SSSR count). The van der Waals surface area contributed by atoms with Crippen molar-refractivity contribution in [2.45, 2.75) is 34.5 Å². The SMILES string of the molecule is [CH3][Ge]([CH3])([CH3])[c]1ccc(N(c2c(O)cc(O)cc2O)c2ccc3ccc4c(N(c5cc[c]([Ge]([CH3])([CH3])[CH3])cc5)c5c(O)cc(O)cc5O)ccc5ccc2c3c54)cc1. The van der Waals surface area contributed by atoms with Crippen molar-refractivity contribution in [3.8, 4) is 34.5 Å². The molecule has 0 aromatic heterocycles. The van der Waals surface area contributed by atoms with E-state index in [1.165, 1.54) is 33.1 Å². The zero-order chi connectivity index (χ0) is 39.8. The van der Waals surface area contributed by atoms with Crippen LogP contribution in [-0.2, 0) is 0 Å². The van der Waals surface area contributed by atoms with E-state index in [9.17, 15) is 30.6 Å². The molecular formula is C46H44Ge2N2O6. The van der Waals surface area contributed by atoms with Gasteiger partial charge in [0.2, 0.25) is 0 Å². The molecule has 0 bridgehead atoms. The van der Waals surface area contributed by atoms with E-state index in [1.54, 1.807) is 0 Å². The van der Waals surface area contributed by atoms with E-state index in [1.807, 2.05) is 82.6 Å². The summed E-state index contributed by atoms with van der Waals surface area (Å²) in [6, 6.07) is 37.6. The van der Waals surface area contributed by atoms with Crippen LogP contribution < -0.4 is 18.6 Å². The van der Waals surface area contributed by atoms with Gasteiger partial charge in [0.05, 0.1) is 0 Å². The van der Waals surface area contributed by atoms with Crippen LogP contribution in [0.4, 0.5) is 34.1 Å². The molecular weight excluding hydrogens is 822 g/mol. The molecule has 0 heterocycles. The van der Waals surface area contributed by atoms with Gasteiger partial charge in [-0.15, -0.1) is 0 Å². The number of benzene rings is 8. The normalized spacial score (nSPS) is 12.2. The van der Waals surface area contributed by atoms with Gasteiger partial charge in [0.15, 0.2) is 0 Å². The molecule has 8 aromatic carbocycles. The Bertz CT molecular complexity index is 2550. The predicted molar refractivity (Wildman–Crippen MR) is 235 cm³/mol. The zero-order valence-electron chi connectivity index (χ0n) is 32.1. The van der Waals surface area contributed by atoms with Crippen molar-refractivity contribution in [1.82, 2.24) is 0 Å². The Morgan fingerprint density at radius 3 is 0.982 bits per heavy atom. The number of hydrogen-bond acceptors (Lipinski definition) is 8. The number of aromatic hydroxyl groups is 6. The second kappa shape index (κ2) is 13.5. The van der Waals surface area contributed by atoms with Crippen molar-refractivity contribution in [3.63, 3.8) is 0 Å². The van der Waals surface area contributed by atoms with Crippen LogP contribution in [0.25, 0.3) is 32.3 Å². The van der Waals surface area contributed by atoms with Gasteiger partial charge in [-0.3, -0.25) is 0 Å². The van der Waals surface area contributed by atoms with E-state index in [0.29, 0.717) is 11.4 Å². The van der Waals surface area contributed by atoms with Crippen LogP contribution in [-0.4, -0.2) is 57.2 Å². The Morgan fingerprint density at radius 2 is 0.679 bits per heavy atom. The van der Waals surface area contributed by atoms with Crippen molar-refractivity contribution >= 4 is 102 Å². The van der Waals surface area contributed by atoms with E-state index in [0.717, 1.165) is 43.7 Å². The summed E-state index contributed by atoms with van der Waals surface area (Å²) < 4.78 is 2.61. The Morgan fingerprint density at radius 1 is 0.375 bits per heavy atom. The maximum absolute atomic E-state index is 11.3. The van der Waals surface area contributed by atoms with Crippen LogP contribution in [0.5, 0.6) is 34.5 Å². The molecule has 282 valence electrons. The van der Waals surface area contributed by atoms with Crippen LogP contribution in [0.1, 0.15) is 0 Å².